The molecule has 0 aliphatic rings. The van der Waals surface area contributed by atoms with Crippen LogP contribution in [0.25, 0.3) is 0 Å². The minimum atomic E-state index is -1.03. The summed E-state index contributed by atoms with van der Waals surface area (Å²) in [4.78, 5) is 0. The first-order valence-corrected chi connectivity index (χ1v) is 7.44. The van der Waals surface area contributed by atoms with E-state index in [0.717, 1.165) is 12.1 Å². The summed E-state index contributed by atoms with van der Waals surface area (Å²) in [7, 11) is 0. The molecule has 0 fully saturated rings. The van der Waals surface area contributed by atoms with Crippen LogP contribution in [-0.4, -0.2) is 6.54 Å². The second-order valence-electron chi connectivity index (χ2n) is 4.44. The molecule has 0 aromatic heterocycles. The van der Waals surface area contributed by atoms with Gasteiger partial charge >= 0.3 is 0 Å². The van der Waals surface area contributed by atoms with Crippen LogP contribution in [0.15, 0.2) is 34.8 Å². The third-order valence-electron chi connectivity index (χ3n) is 3.03. The molecule has 0 saturated heterocycles. The average molecular weight is 379 g/mol. The third-order valence-corrected chi connectivity index (χ3v) is 3.85. The van der Waals surface area contributed by atoms with Crippen LogP contribution in [0.4, 0.5) is 13.2 Å². The van der Waals surface area contributed by atoms with Gasteiger partial charge in [0.1, 0.15) is 5.82 Å². The lowest BCUT2D eigenvalue weighted by atomic mass is 9.97. The Bertz CT molecular complexity index is 664. The number of hydrogen-bond donors (Lipinski definition) is 1. The van der Waals surface area contributed by atoms with Crippen LogP contribution in [0.5, 0.6) is 0 Å². The monoisotopic (exact) mass is 377 g/mol. The van der Waals surface area contributed by atoms with Crippen molar-refractivity contribution in [2.75, 3.05) is 6.54 Å². The van der Waals surface area contributed by atoms with E-state index in [4.69, 9.17) is 11.6 Å². The van der Waals surface area contributed by atoms with Gasteiger partial charge in [-0.2, -0.15) is 0 Å². The smallest absolute Gasteiger partial charge is 0.160 e. The van der Waals surface area contributed by atoms with E-state index in [1.54, 1.807) is 12.1 Å². The average Bonchev–Trinajstić information content (AvgIpc) is 2.43. The fraction of sp³-hybridized carbons (Fsp3) is 0.200. The van der Waals surface area contributed by atoms with Crippen LogP contribution >= 0.6 is 27.5 Å². The summed E-state index contributed by atoms with van der Waals surface area (Å²) in [5.74, 6) is -2.51. The Morgan fingerprint density at radius 1 is 1.05 bits per heavy atom. The van der Waals surface area contributed by atoms with Crippen LogP contribution in [0.1, 0.15) is 24.1 Å². The highest BCUT2D eigenvalue weighted by atomic mass is 79.9. The summed E-state index contributed by atoms with van der Waals surface area (Å²) in [6, 6.07) is 5.67. The van der Waals surface area contributed by atoms with Crippen molar-refractivity contribution in [1.82, 2.24) is 5.32 Å². The van der Waals surface area contributed by atoms with Gasteiger partial charge in [0.15, 0.2) is 11.6 Å². The largest absolute Gasteiger partial charge is 0.306 e. The summed E-state index contributed by atoms with van der Waals surface area (Å²) in [6.45, 7) is 2.34. The first-order chi connectivity index (χ1) is 9.93. The second kappa shape index (κ2) is 6.81. The van der Waals surface area contributed by atoms with E-state index in [2.05, 4.69) is 21.2 Å². The van der Waals surface area contributed by atoms with Gasteiger partial charge in [-0.15, -0.1) is 0 Å². The molecular formula is C15H12BrClF3N. The van der Waals surface area contributed by atoms with Gasteiger partial charge in [0.2, 0.25) is 0 Å². The molecule has 0 heterocycles. The highest BCUT2D eigenvalue weighted by molar-refractivity contribution is 9.10. The lowest BCUT2D eigenvalue weighted by Crippen LogP contribution is -2.23. The molecule has 112 valence electrons. The first kappa shape index (κ1) is 16.3. The maximum absolute atomic E-state index is 14.1. The molecule has 0 radical (unpaired) electrons. The SMILES string of the molecule is CCNC(c1cc(Br)ccc1F)c1cc(F)c(F)cc1Cl. The van der Waals surface area contributed by atoms with Crippen molar-refractivity contribution in [2.45, 2.75) is 13.0 Å². The Hall–Kier alpha value is -1.04. The van der Waals surface area contributed by atoms with Gasteiger partial charge in [0.25, 0.3) is 0 Å². The number of benzene rings is 2. The van der Waals surface area contributed by atoms with E-state index < -0.39 is 23.5 Å². The Kier molecular flexibility index (Phi) is 5.30. The van der Waals surface area contributed by atoms with E-state index in [1.165, 1.54) is 6.07 Å². The molecule has 0 spiro atoms. The molecule has 21 heavy (non-hydrogen) atoms. The molecule has 2 rings (SSSR count). The fourth-order valence-corrected chi connectivity index (χ4v) is 2.72. The van der Waals surface area contributed by atoms with Crippen molar-refractivity contribution >= 4 is 27.5 Å². The zero-order chi connectivity index (χ0) is 15.6. The van der Waals surface area contributed by atoms with Crippen LogP contribution in [-0.2, 0) is 0 Å². The third kappa shape index (κ3) is 3.59. The highest BCUT2D eigenvalue weighted by Crippen LogP contribution is 2.32. The fourth-order valence-electron chi connectivity index (χ4n) is 2.09. The van der Waals surface area contributed by atoms with Gasteiger partial charge in [0, 0.05) is 15.1 Å². The Balaban J connectivity index is 2.58. The predicted octanol–water partition coefficient (Wildman–Crippen LogP) is 5.22. The van der Waals surface area contributed by atoms with E-state index in [-0.39, 0.29) is 10.6 Å². The number of rotatable bonds is 4. The van der Waals surface area contributed by atoms with Gasteiger partial charge in [-0.3, -0.25) is 0 Å². The Morgan fingerprint density at radius 3 is 2.38 bits per heavy atom. The van der Waals surface area contributed by atoms with E-state index in [1.807, 2.05) is 6.92 Å². The molecule has 1 atom stereocenters. The van der Waals surface area contributed by atoms with Crippen molar-refractivity contribution in [2.24, 2.45) is 0 Å². The zero-order valence-corrected chi connectivity index (χ0v) is 13.4. The molecule has 0 aliphatic heterocycles. The van der Waals surface area contributed by atoms with Crippen molar-refractivity contribution in [3.05, 3.63) is 68.4 Å². The van der Waals surface area contributed by atoms with E-state index in [0.29, 0.717) is 16.6 Å². The van der Waals surface area contributed by atoms with Gasteiger partial charge in [-0.05, 0) is 42.4 Å². The lowest BCUT2D eigenvalue weighted by Gasteiger charge is -2.21. The van der Waals surface area contributed by atoms with Crippen molar-refractivity contribution in [3.8, 4) is 0 Å². The molecule has 1 unspecified atom stereocenters. The number of halogens is 5. The highest BCUT2D eigenvalue weighted by Gasteiger charge is 2.22. The normalized spacial score (nSPS) is 12.5. The number of nitrogens with one attached hydrogen (secondary N) is 1. The standard InChI is InChI=1S/C15H12BrClF3N/c1-2-21-15(10-5-8(16)3-4-12(10)18)9-6-13(19)14(20)7-11(9)17/h3-7,15,21H,2H2,1H3. The van der Waals surface area contributed by atoms with Crippen molar-refractivity contribution in [1.29, 1.82) is 0 Å². The Morgan fingerprint density at radius 2 is 1.71 bits per heavy atom. The summed E-state index contributed by atoms with van der Waals surface area (Å²) in [5.41, 5.74) is 0.591. The van der Waals surface area contributed by atoms with Crippen LogP contribution in [0.2, 0.25) is 5.02 Å². The first-order valence-electron chi connectivity index (χ1n) is 6.26. The summed E-state index contributed by atoms with van der Waals surface area (Å²) in [6.07, 6.45) is 0. The topological polar surface area (TPSA) is 12.0 Å². The minimum Gasteiger partial charge on any atom is -0.306 e. The minimum absolute atomic E-state index is 0.0409. The molecule has 0 amide bonds. The predicted molar refractivity (Wildman–Crippen MR) is 81.0 cm³/mol. The molecule has 2 aromatic rings. The van der Waals surface area contributed by atoms with E-state index >= 15 is 0 Å². The van der Waals surface area contributed by atoms with Crippen LogP contribution < -0.4 is 5.32 Å². The Labute approximate surface area is 134 Å². The lowest BCUT2D eigenvalue weighted by molar-refractivity contribution is 0.502. The summed E-state index contributed by atoms with van der Waals surface area (Å²) >= 11 is 9.26. The van der Waals surface area contributed by atoms with Gasteiger partial charge in [-0.25, -0.2) is 13.2 Å². The zero-order valence-electron chi connectivity index (χ0n) is 11.1. The van der Waals surface area contributed by atoms with Gasteiger partial charge in [0.05, 0.1) is 6.04 Å². The van der Waals surface area contributed by atoms with E-state index in [9.17, 15) is 13.2 Å². The van der Waals surface area contributed by atoms with Gasteiger partial charge < -0.3 is 5.32 Å². The van der Waals surface area contributed by atoms with Crippen LogP contribution in [0, 0.1) is 17.5 Å². The maximum Gasteiger partial charge on any atom is 0.160 e. The summed E-state index contributed by atoms with van der Waals surface area (Å²) < 4.78 is 41.4. The van der Waals surface area contributed by atoms with Crippen molar-refractivity contribution < 1.29 is 13.2 Å². The quantitative estimate of drug-likeness (QED) is 0.719. The molecule has 2 aromatic carbocycles. The van der Waals surface area contributed by atoms with Crippen molar-refractivity contribution in [3.63, 3.8) is 0 Å². The summed E-state index contributed by atoms with van der Waals surface area (Å²) in [5, 5.41) is 3.08. The van der Waals surface area contributed by atoms with Gasteiger partial charge in [-0.1, -0.05) is 34.5 Å². The molecule has 1 nitrogen and oxygen atoms in total. The molecule has 6 heteroatoms. The molecular weight excluding hydrogens is 367 g/mol. The van der Waals surface area contributed by atoms with Crippen LogP contribution in [0.3, 0.4) is 0 Å². The molecule has 1 N–H and O–H groups in total. The molecule has 0 aliphatic carbocycles. The molecule has 0 saturated carbocycles. The maximum atomic E-state index is 14.1. The second-order valence-corrected chi connectivity index (χ2v) is 5.77. The number of hydrogen-bond acceptors (Lipinski definition) is 1. The molecule has 0 bridgehead atoms.